The number of rotatable bonds is 4. The molecule has 2 aromatic carbocycles. The van der Waals surface area contributed by atoms with Crippen LogP contribution in [0.2, 0.25) is 0 Å². The normalized spacial score (nSPS) is 16.3. The molecule has 0 saturated heterocycles. The zero-order chi connectivity index (χ0) is 17.4. The van der Waals surface area contributed by atoms with Crippen LogP contribution in [-0.2, 0) is 0 Å². The van der Waals surface area contributed by atoms with Gasteiger partial charge in [-0.1, -0.05) is 49.4 Å². The Morgan fingerprint density at radius 1 is 1.16 bits per heavy atom. The van der Waals surface area contributed by atoms with Crippen molar-refractivity contribution in [2.75, 3.05) is 6.54 Å². The molecule has 5 nitrogen and oxygen atoms in total. The number of benzene rings is 2. The molecular formula is C20H19N3O2. The van der Waals surface area contributed by atoms with Gasteiger partial charge in [-0.2, -0.15) is 5.10 Å². The molecule has 0 radical (unpaired) electrons. The Hall–Kier alpha value is -3.08. The number of aromatic nitrogens is 2. The summed E-state index contributed by atoms with van der Waals surface area (Å²) < 4.78 is 0. The lowest BCUT2D eigenvalue weighted by atomic mass is 9.96. The van der Waals surface area contributed by atoms with Gasteiger partial charge in [-0.15, -0.1) is 0 Å². The van der Waals surface area contributed by atoms with Gasteiger partial charge in [-0.25, -0.2) is 0 Å². The van der Waals surface area contributed by atoms with E-state index in [2.05, 4.69) is 17.1 Å². The third-order valence-electron chi connectivity index (χ3n) is 4.56. The first kappa shape index (κ1) is 15.4. The van der Waals surface area contributed by atoms with Crippen LogP contribution < -0.4 is 0 Å². The van der Waals surface area contributed by atoms with Gasteiger partial charge in [0, 0.05) is 17.7 Å². The van der Waals surface area contributed by atoms with Gasteiger partial charge in [0.25, 0.3) is 5.91 Å². The first-order chi connectivity index (χ1) is 12.2. The predicted octanol–water partition coefficient (Wildman–Crippen LogP) is 3.74. The first-order valence-electron chi connectivity index (χ1n) is 8.44. The topological polar surface area (TPSA) is 69.2 Å². The van der Waals surface area contributed by atoms with Crippen molar-refractivity contribution in [3.8, 4) is 17.0 Å². The van der Waals surface area contributed by atoms with E-state index in [-0.39, 0.29) is 17.7 Å². The molecule has 25 heavy (non-hydrogen) atoms. The van der Waals surface area contributed by atoms with Crippen molar-refractivity contribution >= 4 is 5.91 Å². The molecule has 0 bridgehead atoms. The van der Waals surface area contributed by atoms with Crippen LogP contribution >= 0.6 is 0 Å². The zero-order valence-corrected chi connectivity index (χ0v) is 13.9. The summed E-state index contributed by atoms with van der Waals surface area (Å²) in [5.74, 6) is 0.152. The molecule has 1 aliphatic rings. The largest absolute Gasteiger partial charge is 0.508 e. The number of nitrogens with zero attached hydrogens (tertiary/aromatic N) is 2. The predicted molar refractivity (Wildman–Crippen MR) is 95.3 cm³/mol. The Kier molecular flexibility index (Phi) is 3.76. The van der Waals surface area contributed by atoms with E-state index < -0.39 is 0 Å². The van der Waals surface area contributed by atoms with E-state index in [1.165, 1.54) is 0 Å². The van der Waals surface area contributed by atoms with Gasteiger partial charge in [0.2, 0.25) is 0 Å². The summed E-state index contributed by atoms with van der Waals surface area (Å²) in [4.78, 5) is 14.7. The number of nitrogens with one attached hydrogen (secondary N) is 1. The zero-order valence-electron chi connectivity index (χ0n) is 13.9. The highest BCUT2D eigenvalue weighted by atomic mass is 16.3. The molecule has 5 heteroatoms. The number of fused-ring (bicyclic) bond motifs is 1. The maximum absolute atomic E-state index is 12.9. The summed E-state index contributed by atoms with van der Waals surface area (Å²) >= 11 is 0. The van der Waals surface area contributed by atoms with E-state index >= 15 is 0 Å². The van der Waals surface area contributed by atoms with Crippen molar-refractivity contribution in [3.63, 3.8) is 0 Å². The number of phenolic OH excluding ortho intramolecular Hbond substituents is 1. The minimum absolute atomic E-state index is 0.0418. The van der Waals surface area contributed by atoms with Crippen molar-refractivity contribution in [1.82, 2.24) is 15.1 Å². The number of phenols is 1. The number of aromatic hydroxyl groups is 1. The van der Waals surface area contributed by atoms with E-state index in [0.717, 1.165) is 28.8 Å². The van der Waals surface area contributed by atoms with Gasteiger partial charge in [0.05, 0.1) is 11.7 Å². The minimum atomic E-state index is -0.247. The second kappa shape index (κ2) is 6.09. The van der Waals surface area contributed by atoms with E-state index in [9.17, 15) is 9.90 Å². The fraction of sp³-hybridized carbons (Fsp3) is 0.200. The third-order valence-corrected chi connectivity index (χ3v) is 4.56. The number of H-pyrrole nitrogens is 1. The summed E-state index contributed by atoms with van der Waals surface area (Å²) in [6.07, 6.45) is 0.861. The molecule has 3 aromatic rings. The average molecular weight is 333 g/mol. The second-order valence-electron chi connectivity index (χ2n) is 6.22. The molecule has 126 valence electrons. The van der Waals surface area contributed by atoms with Crippen LogP contribution in [0, 0.1) is 0 Å². The van der Waals surface area contributed by atoms with Gasteiger partial charge < -0.3 is 10.0 Å². The highest BCUT2D eigenvalue weighted by Crippen LogP contribution is 2.43. The van der Waals surface area contributed by atoms with Crippen LogP contribution in [-0.4, -0.2) is 32.7 Å². The minimum Gasteiger partial charge on any atom is -0.508 e. The summed E-state index contributed by atoms with van der Waals surface area (Å²) in [6.45, 7) is 2.70. The van der Waals surface area contributed by atoms with Gasteiger partial charge in [0.15, 0.2) is 0 Å². The molecule has 1 aliphatic heterocycles. The molecule has 4 rings (SSSR count). The summed E-state index contributed by atoms with van der Waals surface area (Å²) in [7, 11) is 0. The quantitative estimate of drug-likeness (QED) is 0.764. The summed E-state index contributed by atoms with van der Waals surface area (Å²) in [6, 6.07) is 16.7. The summed E-state index contributed by atoms with van der Waals surface area (Å²) in [5.41, 5.74) is 4.07. The SMILES string of the molecule is CCCN1C(=O)c2[nH]nc(-c3ccccc3)c2[C@@H]1c1cccc(O)c1. The number of amides is 1. The maximum Gasteiger partial charge on any atom is 0.273 e. The molecule has 1 amide bonds. The van der Waals surface area contributed by atoms with Gasteiger partial charge in [-0.05, 0) is 24.1 Å². The van der Waals surface area contributed by atoms with Crippen molar-refractivity contribution in [1.29, 1.82) is 0 Å². The van der Waals surface area contributed by atoms with Crippen LogP contribution in [0.25, 0.3) is 11.3 Å². The molecular weight excluding hydrogens is 314 g/mol. The van der Waals surface area contributed by atoms with Crippen LogP contribution in [0.4, 0.5) is 0 Å². The second-order valence-corrected chi connectivity index (χ2v) is 6.22. The molecule has 0 fully saturated rings. The molecule has 0 saturated carbocycles. The number of aromatic amines is 1. The number of carbonyl (C=O) groups excluding carboxylic acids is 1. The highest BCUT2D eigenvalue weighted by molar-refractivity contribution is 6.00. The molecule has 2 N–H and O–H groups in total. The highest BCUT2D eigenvalue weighted by Gasteiger charge is 2.41. The molecule has 1 atom stereocenters. The van der Waals surface area contributed by atoms with Crippen LogP contribution in [0.1, 0.15) is 41.0 Å². The smallest absolute Gasteiger partial charge is 0.273 e. The van der Waals surface area contributed by atoms with Crippen LogP contribution in [0.5, 0.6) is 5.75 Å². The van der Waals surface area contributed by atoms with E-state index in [1.807, 2.05) is 41.3 Å². The van der Waals surface area contributed by atoms with Gasteiger partial charge in [0.1, 0.15) is 11.4 Å². The average Bonchev–Trinajstić information content (AvgIpc) is 3.16. The number of carbonyl (C=O) groups is 1. The lowest BCUT2D eigenvalue weighted by Gasteiger charge is -2.26. The molecule has 0 aliphatic carbocycles. The van der Waals surface area contributed by atoms with Crippen LogP contribution in [0.15, 0.2) is 54.6 Å². The lowest BCUT2D eigenvalue weighted by molar-refractivity contribution is 0.0743. The Morgan fingerprint density at radius 3 is 2.68 bits per heavy atom. The first-order valence-corrected chi connectivity index (χ1v) is 8.44. The molecule has 2 heterocycles. The third kappa shape index (κ3) is 2.48. The maximum atomic E-state index is 12.9. The Morgan fingerprint density at radius 2 is 1.96 bits per heavy atom. The molecule has 1 aromatic heterocycles. The van der Waals surface area contributed by atoms with Crippen molar-refractivity contribution in [2.24, 2.45) is 0 Å². The fourth-order valence-corrected chi connectivity index (χ4v) is 3.53. The molecule has 0 spiro atoms. The fourth-order valence-electron chi connectivity index (χ4n) is 3.53. The van der Waals surface area contributed by atoms with Crippen molar-refractivity contribution in [3.05, 3.63) is 71.4 Å². The number of hydrogen-bond acceptors (Lipinski definition) is 3. The van der Waals surface area contributed by atoms with Crippen molar-refractivity contribution in [2.45, 2.75) is 19.4 Å². The Labute approximate surface area is 145 Å². The monoisotopic (exact) mass is 333 g/mol. The summed E-state index contributed by atoms with van der Waals surface area (Å²) in [5, 5.41) is 17.3. The number of hydrogen-bond donors (Lipinski definition) is 2. The van der Waals surface area contributed by atoms with Crippen LogP contribution in [0.3, 0.4) is 0 Å². The van der Waals surface area contributed by atoms with E-state index in [0.29, 0.717) is 12.2 Å². The van der Waals surface area contributed by atoms with Crippen molar-refractivity contribution < 1.29 is 9.90 Å². The Balaban J connectivity index is 1.91. The van der Waals surface area contributed by atoms with Gasteiger partial charge in [-0.3, -0.25) is 9.89 Å². The molecule has 0 unspecified atom stereocenters. The standard InChI is InChI=1S/C20H19N3O2/c1-2-11-23-19(14-9-6-10-15(24)12-14)16-17(13-7-4-3-5-8-13)21-22-18(16)20(23)25/h3-10,12,19,24H,2,11H2,1H3,(H,21,22)/t19-/m0/s1. The van der Waals surface area contributed by atoms with E-state index in [1.54, 1.807) is 18.2 Å². The lowest BCUT2D eigenvalue weighted by Crippen LogP contribution is -2.30. The Bertz CT molecular complexity index is 918. The van der Waals surface area contributed by atoms with E-state index in [4.69, 9.17) is 0 Å². The van der Waals surface area contributed by atoms with Gasteiger partial charge >= 0.3 is 0 Å².